The van der Waals surface area contributed by atoms with Crippen molar-refractivity contribution in [3.63, 3.8) is 0 Å². The molecule has 0 saturated heterocycles. The van der Waals surface area contributed by atoms with Gasteiger partial charge in [0.1, 0.15) is 11.9 Å². The van der Waals surface area contributed by atoms with Gasteiger partial charge in [0.15, 0.2) is 0 Å². The molecule has 0 saturated carbocycles. The lowest BCUT2D eigenvalue weighted by Gasteiger charge is -2.26. The van der Waals surface area contributed by atoms with Crippen molar-refractivity contribution in [3.8, 4) is 5.75 Å². The fourth-order valence-corrected chi connectivity index (χ4v) is 3.38. The van der Waals surface area contributed by atoms with E-state index in [9.17, 15) is 4.79 Å². The number of carbonyl (C=O) groups is 1. The summed E-state index contributed by atoms with van der Waals surface area (Å²) in [4.78, 5) is 12.7. The fourth-order valence-electron chi connectivity index (χ4n) is 3.38. The normalized spacial score (nSPS) is 15.1. The van der Waals surface area contributed by atoms with E-state index in [0.29, 0.717) is 5.56 Å². The number of hydrazine groups is 1. The first kappa shape index (κ1) is 17.9. The van der Waals surface area contributed by atoms with Gasteiger partial charge in [-0.3, -0.25) is 15.6 Å². The van der Waals surface area contributed by atoms with Crippen molar-refractivity contribution in [1.29, 1.82) is 0 Å². The molecule has 1 amide bonds. The van der Waals surface area contributed by atoms with Crippen LogP contribution in [0.5, 0.6) is 5.75 Å². The Morgan fingerprint density at radius 3 is 2.46 bits per heavy atom. The third-order valence-corrected chi connectivity index (χ3v) is 4.81. The summed E-state index contributed by atoms with van der Waals surface area (Å²) >= 11 is 0. The second-order valence-corrected chi connectivity index (χ2v) is 6.92. The maximum Gasteiger partial charge on any atom is 0.269 e. The smallest absolute Gasteiger partial charge is 0.269 e. The van der Waals surface area contributed by atoms with Gasteiger partial charge in [-0.1, -0.05) is 60.2 Å². The molecule has 1 atom stereocenters. The number of hydrogen-bond acceptors (Lipinski definition) is 3. The highest BCUT2D eigenvalue weighted by Gasteiger charge is 2.22. The number of rotatable bonds is 4. The van der Waals surface area contributed by atoms with Crippen LogP contribution in [0.3, 0.4) is 0 Å². The van der Waals surface area contributed by atoms with Crippen molar-refractivity contribution in [2.45, 2.75) is 20.0 Å². The van der Waals surface area contributed by atoms with E-state index in [1.807, 2.05) is 92.7 Å². The predicted octanol–water partition coefficient (Wildman–Crippen LogP) is 4.71. The Morgan fingerprint density at radius 1 is 0.929 bits per heavy atom. The van der Waals surface area contributed by atoms with Crippen molar-refractivity contribution in [1.82, 2.24) is 10.9 Å². The Bertz CT molecular complexity index is 1040. The number of hydrogen-bond donors (Lipinski definition) is 2. The fraction of sp³-hybridized carbons (Fsp3) is 0.125. The van der Waals surface area contributed by atoms with Crippen LogP contribution in [0, 0.1) is 13.8 Å². The van der Waals surface area contributed by atoms with E-state index in [1.54, 1.807) is 0 Å². The standard InChI is InChI=1S/C24H22N2O2/c1-16-12-13-19(17(2)14-16)24(27)26-25-21-15-23(18-8-4-3-5-9-18)28-22-11-7-6-10-20(21)22/h3-15,23,25H,1-2H3,(H,26,27)/t23-/m0/s1. The minimum atomic E-state index is -0.225. The van der Waals surface area contributed by atoms with Gasteiger partial charge in [-0.25, -0.2) is 0 Å². The highest BCUT2D eigenvalue weighted by atomic mass is 16.5. The molecule has 4 nitrogen and oxygen atoms in total. The summed E-state index contributed by atoms with van der Waals surface area (Å²) in [6, 6.07) is 23.6. The summed E-state index contributed by atoms with van der Waals surface area (Å²) in [5.41, 5.74) is 11.4. The molecular weight excluding hydrogens is 348 g/mol. The lowest BCUT2D eigenvalue weighted by atomic mass is 10.0. The molecule has 0 aromatic heterocycles. The van der Waals surface area contributed by atoms with Gasteiger partial charge in [0.25, 0.3) is 5.91 Å². The summed E-state index contributed by atoms with van der Waals surface area (Å²) in [6.45, 7) is 3.96. The first-order chi connectivity index (χ1) is 13.6. The minimum absolute atomic E-state index is 0.168. The number of aryl methyl sites for hydroxylation is 2. The number of amides is 1. The molecular formula is C24H22N2O2. The van der Waals surface area contributed by atoms with Gasteiger partial charge in [0, 0.05) is 11.1 Å². The van der Waals surface area contributed by atoms with Gasteiger partial charge in [0.2, 0.25) is 0 Å². The molecule has 0 radical (unpaired) electrons. The average molecular weight is 370 g/mol. The number of nitrogens with one attached hydrogen (secondary N) is 2. The van der Waals surface area contributed by atoms with E-state index < -0.39 is 0 Å². The third kappa shape index (κ3) is 3.62. The summed E-state index contributed by atoms with van der Waals surface area (Å²) < 4.78 is 6.14. The molecule has 1 aliphatic rings. The highest BCUT2D eigenvalue weighted by molar-refractivity contribution is 5.96. The molecule has 0 unspecified atom stereocenters. The molecule has 0 fully saturated rings. The topological polar surface area (TPSA) is 50.4 Å². The monoisotopic (exact) mass is 370 g/mol. The lowest BCUT2D eigenvalue weighted by Crippen LogP contribution is -2.37. The van der Waals surface area contributed by atoms with Crippen molar-refractivity contribution in [2.24, 2.45) is 0 Å². The maximum absolute atomic E-state index is 12.7. The van der Waals surface area contributed by atoms with Crippen LogP contribution in [0.4, 0.5) is 0 Å². The van der Waals surface area contributed by atoms with Crippen molar-refractivity contribution < 1.29 is 9.53 Å². The van der Waals surface area contributed by atoms with Crippen LogP contribution in [-0.4, -0.2) is 5.91 Å². The van der Waals surface area contributed by atoms with Crippen molar-refractivity contribution >= 4 is 11.6 Å². The molecule has 1 heterocycles. The highest BCUT2D eigenvalue weighted by Crippen LogP contribution is 2.35. The summed E-state index contributed by atoms with van der Waals surface area (Å²) in [5.74, 6) is 0.612. The number of carbonyl (C=O) groups excluding carboxylic acids is 1. The Balaban J connectivity index is 1.59. The van der Waals surface area contributed by atoms with Gasteiger partial charge in [0.05, 0.1) is 5.70 Å². The van der Waals surface area contributed by atoms with Crippen LogP contribution < -0.4 is 15.6 Å². The quantitative estimate of drug-likeness (QED) is 0.654. The van der Waals surface area contributed by atoms with Gasteiger partial charge in [-0.2, -0.15) is 0 Å². The minimum Gasteiger partial charge on any atom is -0.481 e. The molecule has 0 bridgehead atoms. The Labute approximate surface area is 164 Å². The van der Waals surface area contributed by atoms with E-state index in [2.05, 4.69) is 10.9 Å². The molecule has 2 N–H and O–H groups in total. The molecule has 140 valence electrons. The van der Waals surface area contributed by atoms with Crippen molar-refractivity contribution in [2.75, 3.05) is 0 Å². The van der Waals surface area contributed by atoms with Crippen LogP contribution in [0.2, 0.25) is 0 Å². The number of fused-ring (bicyclic) bond motifs is 1. The largest absolute Gasteiger partial charge is 0.481 e. The predicted molar refractivity (Wildman–Crippen MR) is 111 cm³/mol. The van der Waals surface area contributed by atoms with E-state index in [4.69, 9.17) is 4.74 Å². The lowest BCUT2D eigenvalue weighted by molar-refractivity contribution is 0.0941. The van der Waals surface area contributed by atoms with Crippen molar-refractivity contribution in [3.05, 3.63) is 107 Å². The van der Waals surface area contributed by atoms with E-state index >= 15 is 0 Å². The summed E-state index contributed by atoms with van der Waals surface area (Å²) in [6.07, 6.45) is 1.76. The van der Waals surface area contributed by atoms with E-state index in [0.717, 1.165) is 33.7 Å². The molecule has 1 aliphatic heterocycles. The van der Waals surface area contributed by atoms with Gasteiger partial charge in [-0.15, -0.1) is 0 Å². The third-order valence-electron chi connectivity index (χ3n) is 4.81. The Hall–Kier alpha value is -3.53. The SMILES string of the molecule is Cc1ccc(C(=O)NNC2=C[C@@H](c3ccccc3)Oc3ccccc32)c(C)c1. The second-order valence-electron chi connectivity index (χ2n) is 6.92. The van der Waals surface area contributed by atoms with Crippen LogP contribution in [0.1, 0.15) is 38.7 Å². The van der Waals surface area contributed by atoms with Crippen LogP contribution in [-0.2, 0) is 0 Å². The second kappa shape index (κ2) is 7.61. The van der Waals surface area contributed by atoms with Crippen LogP contribution in [0.15, 0.2) is 78.9 Å². The molecule has 3 aromatic rings. The number of benzene rings is 3. The Kier molecular flexibility index (Phi) is 4.85. The van der Waals surface area contributed by atoms with E-state index in [1.165, 1.54) is 0 Å². The first-order valence-electron chi connectivity index (χ1n) is 9.28. The average Bonchev–Trinajstić information content (AvgIpc) is 2.72. The molecule has 3 aromatic carbocycles. The van der Waals surface area contributed by atoms with Crippen LogP contribution >= 0.6 is 0 Å². The first-order valence-corrected chi connectivity index (χ1v) is 9.28. The molecule has 4 rings (SSSR count). The summed E-state index contributed by atoms with van der Waals surface area (Å²) in [5, 5.41) is 0. The molecule has 4 heteroatoms. The van der Waals surface area contributed by atoms with E-state index in [-0.39, 0.29) is 12.0 Å². The van der Waals surface area contributed by atoms with Crippen LogP contribution in [0.25, 0.3) is 5.70 Å². The maximum atomic E-state index is 12.7. The summed E-state index contributed by atoms with van der Waals surface area (Å²) in [7, 11) is 0. The molecule has 0 spiro atoms. The number of ether oxygens (including phenoxy) is 1. The zero-order valence-electron chi connectivity index (χ0n) is 15.9. The zero-order valence-corrected chi connectivity index (χ0v) is 15.9. The Morgan fingerprint density at radius 2 is 1.68 bits per heavy atom. The van der Waals surface area contributed by atoms with Gasteiger partial charge >= 0.3 is 0 Å². The zero-order chi connectivity index (χ0) is 19.5. The molecule has 28 heavy (non-hydrogen) atoms. The molecule has 0 aliphatic carbocycles. The van der Waals surface area contributed by atoms with Gasteiger partial charge in [-0.05, 0) is 49.2 Å². The van der Waals surface area contributed by atoms with Gasteiger partial charge < -0.3 is 4.74 Å². The number of para-hydroxylation sites is 1.